The highest BCUT2D eigenvalue weighted by Gasteiger charge is 2.27. The van der Waals surface area contributed by atoms with Gasteiger partial charge in [-0.25, -0.2) is 4.39 Å². The molecule has 0 radical (unpaired) electrons. The number of fused-ring (bicyclic) bond motifs is 2. The van der Waals surface area contributed by atoms with Crippen molar-refractivity contribution in [2.75, 3.05) is 6.54 Å². The number of aryl methyl sites for hydroxylation is 1. The molecule has 1 nitrogen and oxygen atoms in total. The molecular formula is C18H15ClFNS. The van der Waals surface area contributed by atoms with Gasteiger partial charge in [-0.15, -0.1) is 11.3 Å². The minimum Gasteiger partial charge on any atom is -0.305 e. The van der Waals surface area contributed by atoms with Crippen LogP contribution in [-0.4, -0.2) is 6.54 Å². The maximum absolute atomic E-state index is 14.1. The van der Waals surface area contributed by atoms with Gasteiger partial charge in [-0.3, -0.25) is 0 Å². The summed E-state index contributed by atoms with van der Waals surface area (Å²) in [6.07, 6.45) is 0.722. The third-order valence-corrected chi connectivity index (χ3v) is 6.07. The largest absolute Gasteiger partial charge is 0.305 e. The molecule has 2 heterocycles. The van der Waals surface area contributed by atoms with Crippen molar-refractivity contribution in [2.24, 2.45) is 0 Å². The van der Waals surface area contributed by atoms with E-state index in [-0.39, 0.29) is 11.9 Å². The van der Waals surface area contributed by atoms with Crippen molar-refractivity contribution in [2.45, 2.75) is 19.4 Å². The van der Waals surface area contributed by atoms with E-state index in [4.69, 9.17) is 11.6 Å². The molecule has 0 amide bonds. The van der Waals surface area contributed by atoms with Crippen molar-refractivity contribution >= 4 is 33.0 Å². The summed E-state index contributed by atoms with van der Waals surface area (Å²) in [6.45, 7) is 2.84. The summed E-state index contributed by atoms with van der Waals surface area (Å²) in [7, 11) is 0. The van der Waals surface area contributed by atoms with Crippen molar-refractivity contribution in [3.8, 4) is 0 Å². The zero-order valence-electron chi connectivity index (χ0n) is 12.1. The van der Waals surface area contributed by atoms with Crippen LogP contribution in [0.4, 0.5) is 4.39 Å². The first-order valence-electron chi connectivity index (χ1n) is 7.35. The Kier molecular flexibility index (Phi) is 3.44. The van der Waals surface area contributed by atoms with Crippen LogP contribution in [0.5, 0.6) is 0 Å². The number of benzene rings is 2. The Labute approximate surface area is 137 Å². The van der Waals surface area contributed by atoms with E-state index in [1.54, 1.807) is 17.4 Å². The monoisotopic (exact) mass is 331 g/mol. The lowest BCUT2D eigenvalue weighted by Gasteiger charge is -2.26. The van der Waals surface area contributed by atoms with E-state index in [9.17, 15) is 4.39 Å². The summed E-state index contributed by atoms with van der Waals surface area (Å²) >= 11 is 8.38. The molecule has 0 spiro atoms. The summed E-state index contributed by atoms with van der Waals surface area (Å²) in [5, 5.41) is 5.42. The minimum atomic E-state index is -0.114. The van der Waals surface area contributed by atoms with Gasteiger partial charge in [0, 0.05) is 21.5 Å². The molecule has 4 rings (SSSR count). The Bertz CT molecular complexity index is 871. The van der Waals surface area contributed by atoms with E-state index in [0.717, 1.165) is 39.4 Å². The predicted molar refractivity (Wildman–Crippen MR) is 91.5 cm³/mol. The van der Waals surface area contributed by atoms with Gasteiger partial charge in [0.15, 0.2) is 0 Å². The zero-order chi connectivity index (χ0) is 15.3. The fraction of sp³-hybridized carbons (Fsp3) is 0.222. The molecule has 0 aliphatic carbocycles. The second-order valence-corrected chi connectivity index (χ2v) is 7.13. The third-order valence-electron chi connectivity index (χ3n) is 4.34. The van der Waals surface area contributed by atoms with Crippen molar-refractivity contribution in [1.29, 1.82) is 0 Å². The number of thiophene rings is 1. The average molecular weight is 332 g/mol. The van der Waals surface area contributed by atoms with Gasteiger partial charge in [-0.1, -0.05) is 35.9 Å². The molecule has 0 saturated heterocycles. The van der Waals surface area contributed by atoms with E-state index in [1.807, 2.05) is 6.07 Å². The van der Waals surface area contributed by atoms with Gasteiger partial charge in [-0.05, 0) is 42.2 Å². The minimum absolute atomic E-state index is 0.0243. The van der Waals surface area contributed by atoms with Crippen LogP contribution in [0.15, 0.2) is 36.4 Å². The third kappa shape index (κ3) is 2.08. The highest BCUT2D eigenvalue weighted by molar-refractivity contribution is 7.20. The second kappa shape index (κ2) is 5.34. The number of rotatable bonds is 1. The van der Waals surface area contributed by atoms with Gasteiger partial charge in [0.05, 0.1) is 11.1 Å². The summed E-state index contributed by atoms with van der Waals surface area (Å²) in [6, 6.07) is 11.5. The zero-order valence-corrected chi connectivity index (χ0v) is 13.7. The van der Waals surface area contributed by atoms with Crippen molar-refractivity contribution in [1.82, 2.24) is 5.32 Å². The first kappa shape index (κ1) is 14.2. The van der Waals surface area contributed by atoms with Crippen LogP contribution in [0.1, 0.15) is 27.6 Å². The van der Waals surface area contributed by atoms with E-state index >= 15 is 0 Å². The Hall–Kier alpha value is -1.42. The van der Waals surface area contributed by atoms with Crippen molar-refractivity contribution < 1.29 is 4.39 Å². The van der Waals surface area contributed by atoms with Gasteiger partial charge >= 0.3 is 0 Å². The van der Waals surface area contributed by atoms with Gasteiger partial charge in [0.1, 0.15) is 5.82 Å². The van der Waals surface area contributed by atoms with Crippen LogP contribution < -0.4 is 5.32 Å². The van der Waals surface area contributed by atoms with Crippen LogP contribution >= 0.6 is 22.9 Å². The first-order chi connectivity index (χ1) is 10.7. The number of hydrogen-bond acceptors (Lipinski definition) is 2. The number of nitrogens with one attached hydrogen (secondary N) is 1. The van der Waals surface area contributed by atoms with E-state index in [0.29, 0.717) is 0 Å². The number of hydrogen-bond donors (Lipinski definition) is 1. The lowest BCUT2D eigenvalue weighted by Crippen LogP contribution is -2.30. The standard InChI is InChI=1S/C18H15ClFNS/c1-10-4-2-7-14-15(10)16(19)18(22-14)17-12-5-3-6-13(20)11(12)8-9-21-17/h2-7,17,21H,8-9H2,1H3. The molecule has 1 unspecified atom stereocenters. The van der Waals surface area contributed by atoms with Crippen molar-refractivity contribution in [3.63, 3.8) is 0 Å². The fourth-order valence-electron chi connectivity index (χ4n) is 3.27. The average Bonchev–Trinajstić information content (AvgIpc) is 2.85. The highest BCUT2D eigenvalue weighted by Crippen LogP contribution is 2.43. The van der Waals surface area contributed by atoms with Crippen LogP contribution in [0.2, 0.25) is 5.02 Å². The lowest BCUT2D eigenvalue weighted by atomic mass is 9.92. The maximum Gasteiger partial charge on any atom is 0.126 e. The second-order valence-electron chi connectivity index (χ2n) is 5.67. The molecule has 0 bridgehead atoms. The molecule has 2 aromatic carbocycles. The molecular weight excluding hydrogens is 317 g/mol. The molecule has 22 heavy (non-hydrogen) atoms. The van der Waals surface area contributed by atoms with Crippen LogP contribution in [0, 0.1) is 12.7 Å². The Balaban J connectivity index is 1.93. The normalized spacial score (nSPS) is 17.7. The molecule has 1 aliphatic rings. The molecule has 1 aromatic heterocycles. The number of halogens is 2. The summed E-state index contributed by atoms with van der Waals surface area (Å²) in [4.78, 5) is 1.08. The van der Waals surface area contributed by atoms with E-state index in [1.165, 1.54) is 16.3 Å². The van der Waals surface area contributed by atoms with Gasteiger partial charge in [-0.2, -0.15) is 0 Å². The smallest absolute Gasteiger partial charge is 0.126 e. The summed E-state index contributed by atoms with van der Waals surface area (Å²) < 4.78 is 15.3. The van der Waals surface area contributed by atoms with E-state index < -0.39 is 0 Å². The van der Waals surface area contributed by atoms with Gasteiger partial charge in [0.2, 0.25) is 0 Å². The molecule has 1 atom stereocenters. The van der Waals surface area contributed by atoms with Crippen molar-refractivity contribution in [3.05, 3.63) is 68.8 Å². The van der Waals surface area contributed by atoms with Crippen LogP contribution in [0.25, 0.3) is 10.1 Å². The maximum atomic E-state index is 14.1. The predicted octanol–water partition coefficient (Wildman–Crippen LogP) is 5.24. The SMILES string of the molecule is Cc1cccc2sc(C3NCCc4c(F)cccc43)c(Cl)c12. The molecule has 1 N–H and O–H groups in total. The van der Waals surface area contributed by atoms with E-state index in [2.05, 4.69) is 30.4 Å². The fourth-order valence-corrected chi connectivity index (χ4v) is 5.07. The molecule has 0 saturated carbocycles. The highest BCUT2D eigenvalue weighted by atomic mass is 35.5. The van der Waals surface area contributed by atoms with Gasteiger partial charge in [0.25, 0.3) is 0 Å². The quantitative estimate of drug-likeness (QED) is 0.643. The molecule has 0 fully saturated rings. The summed E-state index contributed by atoms with van der Waals surface area (Å²) in [5.74, 6) is -0.114. The molecule has 4 heteroatoms. The Morgan fingerprint density at radius 3 is 2.86 bits per heavy atom. The van der Waals surface area contributed by atoms with Crippen LogP contribution in [-0.2, 0) is 6.42 Å². The first-order valence-corrected chi connectivity index (χ1v) is 8.54. The van der Waals surface area contributed by atoms with Crippen LogP contribution in [0.3, 0.4) is 0 Å². The molecule has 112 valence electrons. The Morgan fingerprint density at radius 1 is 1.23 bits per heavy atom. The molecule has 3 aromatic rings. The topological polar surface area (TPSA) is 12.0 Å². The molecule has 1 aliphatic heterocycles. The summed E-state index contributed by atoms with van der Waals surface area (Å²) in [5.41, 5.74) is 3.01. The lowest BCUT2D eigenvalue weighted by molar-refractivity contribution is 0.536. The van der Waals surface area contributed by atoms with Gasteiger partial charge < -0.3 is 5.32 Å². The Morgan fingerprint density at radius 2 is 2.05 bits per heavy atom.